The normalized spacial score (nSPS) is 41.0. The van der Waals surface area contributed by atoms with E-state index in [1.807, 2.05) is 19.9 Å². The van der Waals surface area contributed by atoms with Crippen molar-refractivity contribution in [2.45, 2.75) is 50.8 Å². The van der Waals surface area contributed by atoms with E-state index in [2.05, 4.69) is 0 Å². The number of rotatable bonds is 2. The number of aliphatic hydroxyl groups is 1. The van der Waals surface area contributed by atoms with Crippen LogP contribution in [0, 0.1) is 0 Å². The lowest BCUT2D eigenvalue weighted by molar-refractivity contribution is -0.183. The smallest absolute Gasteiger partial charge is 0.169 e. The quantitative estimate of drug-likeness (QED) is 0.656. The van der Waals surface area contributed by atoms with Gasteiger partial charge in [-0.05, 0) is 12.8 Å². The molecular formula is C10H16O3. The Morgan fingerprint density at radius 2 is 1.92 bits per heavy atom. The van der Waals surface area contributed by atoms with Gasteiger partial charge >= 0.3 is 0 Å². The molecule has 0 aromatic rings. The van der Waals surface area contributed by atoms with Crippen LogP contribution in [0.4, 0.5) is 0 Å². The lowest BCUT2D eigenvalue weighted by atomic mass is 10.1. The lowest BCUT2D eigenvalue weighted by Gasteiger charge is -2.25. The molecule has 3 atom stereocenters. The van der Waals surface area contributed by atoms with Gasteiger partial charge in [0.15, 0.2) is 5.79 Å². The second-order valence-electron chi connectivity index (χ2n) is 3.66. The summed E-state index contributed by atoms with van der Waals surface area (Å²) in [4.78, 5) is 0. The van der Waals surface area contributed by atoms with Crippen molar-refractivity contribution in [3.8, 4) is 0 Å². The summed E-state index contributed by atoms with van der Waals surface area (Å²) in [7, 11) is 0. The third kappa shape index (κ3) is 1.31. The molecule has 1 fully saturated rings. The Kier molecular flexibility index (Phi) is 2.18. The molecule has 0 radical (unpaired) electrons. The van der Waals surface area contributed by atoms with Gasteiger partial charge in [0.25, 0.3) is 0 Å². The van der Waals surface area contributed by atoms with Gasteiger partial charge in [-0.15, -0.1) is 0 Å². The molecule has 0 amide bonds. The van der Waals surface area contributed by atoms with E-state index in [1.165, 1.54) is 0 Å². The van der Waals surface area contributed by atoms with Crippen LogP contribution in [0.3, 0.4) is 0 Å². The largest absolute Gasteiger partial charge is 0.386 e. The van der Waals surface area contributed by atoms with Crippen molar-refractivity contribution in [3.05, 3.63) is 12.2 Å². The summed E-state index contributed by atoms with van der Waals surface area (Å²) in [6, 6.07) is 0. The number of ether oxygens (including phenoxy) is 2. The summed E-state index contributed by atoms with van der Waals surface area (Å²) in [5.41, 5.74) is 0. The van der Waals surface area contributed by atoms with Crippen molar-refractivity contribution >= 4 is 0 Å². The first-order valence-corrected chi connectivity index (χ1v) is 4.93. The first-order chi connectivity index (χ1) is 6.21. The number of hydrogen-bond acceptors (Lipinski definition) is 3. The third-order valence-electron chi connectivity index (χ3n) is 2.94. The minimum atomic E-state index is -0.495. The molecule has 13 heavy (non-hydrogen) atoms. The van der Waals surface area contributed by atoms with Gasteiger partial charge in [-0.2, -0.15) is 0 Å². The fourth-order valence-corrected chi connectivity index (χ4v) is 1.99. The number of aliphatic hydroxyl groups excluding tert-OH is 1. The summed E-state index contributed by atoms with van der Waals surface area (Å²) in [6.07, 6.45) is 4.57. The van der Waals surface area contributed by atoms with Crippen molar-refractivity contribution in [3.63, 3.8) is 0 Å². The fourth-order valence-electron chi connectivity index (χ4n) is 1.99. The zero-order valence-electron chi connectivity index (χ0n) is 8.06. The predicted octanol–water partition coefficient (Wildman–Crippen LogP) is 1.22. The van der Waals surface area contributed by atoms with E-state index < -0.39 is 11.9 Å². The first kappa shape index (κ1) is 9.19. The van der Waals surface area contributed by atoms with Crippen molar-refractivity contribution < 1.29 is 14.6 Å². The molecule has 3 nitrogen and oxygen atoms in total. The van der Waals surface area contributed by atoms with Crippen LogP contribution in [0.15, 0.2) is 12.2 Å². The zero-order chi connectivity index (χ0) is 9.47. The topological polar surface area (TPSA) is 38.7 Å². The fraction of sp³-hybridized carbons (Fsp3) is 0.800. The molecule has 1 aliphatic carbocycles. The second kappa shape index (κ2) is 3.08. The molecule has 1 saturated heterocycles. The molecule has 2 aliphatic rings. The Bertz CT molecular complexity index is 220. The van der Waals surface area contributed by atoms with Gasteiger partial charge in [0.1, 0.15) is 18.3 Å². The molecule has 3 heteroatoms. The van der Waals surface area contributed by atoms with Gasteiger partial charge in [-0.1, -0.05) is 26.0 Å². The predicted molar refractivity (Wildman–Crippen MR) is 48.2 cm³/mol. The van der Waals surface area contributed by atoms with Crippen LogP contribution < -0.4 is 0 Å². The summed E-state index contributed by atoms with van der Waals surface area (Å²) in [5.74, 6) is -0.457. The first-order valence-electron chi connectivity index (χ1n) is 4.93. The highest BCUT2D eigenvalue weighted by Crippen LogP contribution is 2.38. The van der Waals surface area contributed by atoms with Crippen LogP contribution in [0.1, 0.15) is 26.7 Å². The van der Waals surface area contributed by atoms with Crippen molar-refractivity contribution in [2.75, 3.05) is 0 Å². The molecule has 1 aliphatic heterocycles. The van der Waals surface area contributed by atoms with Crippen LogP contribution in [0.25, 0.3) is 0 Å². The molecule has 0 aromatic carbocycles. The van der Waals surface area contributed by atoms with Crippen LogP contribution in [0.5, 0.6) is 0 Å². The van der Waals surface area contributed by atoms with E-state index in [9.17, 15) is 5.11 Å². The summed E-state index contributed by atoms with van der Waals surface area (Å²) in [5, 5.41) is 9.53. The maximum atomic E-state index is 9.53. The molecule has 1 unspecified atom stereocenters. The minimum Gasteiger partial charge on any atom is -0.386 e. The Morgan fingerprint density at radius 3 is 2.46 bits per heavy atom. The van der Waals surface area contributed by atoms with Gasteiger partial charge < -0.3 is 14.6 Å². The highest BCUT2D eigenvalue weighted by Gasteiger charge is 2.48. The van der Waals surface area contributed by atoms with Crippen molar-refractivity contribution in [2.24, 2.45) is 0 Å². The molecule has 0 spiro atoms. The SMILES string of the molecule is CCC1(CC)OC2[C@@H](O)C=C[C@H]2O1. The Balaban J connectivity index is 2.12. The van der Waals surface area contributed by atoms with E-state index in [0.717, 1.165) is 12.8 Å². The van der Waals surface area contributed by atoms with Gasteiger partial charge in [0, 0.05) is 0 Å². The van der Waals surface area contributed by atoms with Crippen molar-refractivity contribution in [1.82, 2.24) is 0 Å². The van der Waals surface area contributed by atoms with Crippen LogP contribution >= 0.6 is 0 Å². The number of fused-ring (bicyclic) bond motifs is 1. The zero-order valence-corrected chi connectivity index (χ0v) is 8.06. The average Bonchev–Trinajstić information content (AvgIpc) is 2.67. The summed E-state index contributed by atoms with van der Waals surface area (Å²) >= 11 is 0. The van der Waals surface area contributed by atoms with Gasteiger partial charge in [-0.3, -0.25) is 0 Å². The molecule has 0 bridgehead atoms. The molecule has 74 valence electrons. The van der Waals surface area contributed by atoms with Crippen LogP contribution in [-0.4, -0.2) is 29.2 Å². The standard InChI is InChI=1S/C10H16O3/c1-3-10(4-2)12-8-6-5-7(11)9(8)13-10/h5-9,11H,3-4H2,1-2H3/t7-,8+,9?/m0/s1. The van der Waals surface area contributed by atoms with Gasteiger partial charge in [0.05, 0.1) is 0 Å². The van der Waals surface area contributed by atoms with E-state index in [1.54, 1.807) is 6.08 Å². The lowest BCUT2D eigenvalue weighted by Crippen LogP contribution is -2.32. The summed E-state index contributed by atoms with van der Waals surface area (Å²) in [6.45, 7) is 4.08. The molecule has 1 N–H and O–H groups in total. The second-order valence-corrected chi connectivity index (χ2v) is 3.66. The van der Waals surface area contributed by atoms with E-state index in [4.69, 9.17) is 9.47 Å². The van der Waals surface area contributed by atoms with E-state index >= 15 is 0 Å². The minimum absolute atomic E-state index is 0.0464. The molecule has 0 saturated carbocycles. The average molecular weight is 184 g/mol. The molecule has 0 aromatic heterocycles. The van der Waals surface area contributed by atoms with Crippen molar-refractivity contribution in [1.29, 1.82) is 0 Å². The maximum absolute atomic E-state index is 9.53. The number of hydrogen-bond donors (Lipinski definition) is 1. The maximum Gasteiger partial charge on any atom is 0.169 e. The van der Waals surface area contributed by atoms with Crippen LogP contribution in [0.2, 0.25) is 0 Å². The highest BCUT2D eigenvalue weighted by atomic mass is 16.8. The van der Waals surface area contributed by atoms with E-state index in [0.29, 0.717) is 0 Å². The van der Waals surface area contributed by atoms with Gasteiger partial charge in [0.2, 0.25) is 0 Å². The summed E-state index contributed by atoms with van der Waals surface area (Å²) < 4.78 is 11.5. The monoisotopic (exact) mass is 184 g/mol. The highest BCUT2D eigenvalue weighted by molar-refractivity contribution is 5.13. The molecule has 1 heterocycles. The third-order valence-corrected chi connectivity index (χ3v) is 2.94. The molecule has 2 rings (SSSR count). The van der Waals surface area contributed by atoms with Crippen LogP contribution in [-0.2, 0) is 9.47 Å². The van der Waals surface area contributed by atoms with Gasteiger partial charge in [-0.25, -0.2) is 0 Å². The molecular weight excluding hydrogens is 168 g/mol. The van der Waals surface area contributed by atoms with E-state index in [-0.39, 0.29) is 12.2 Å². The Hall–Kier alpha value is -0.380. The Morgan fingerprint density at radius 1 is 1.23 bits per heavy atom. The Labute approximate surface area is 78.3 Å².